The number of amides is 1. The van der Waals surface area contributed by atoms with Crippen molar-refractivity contribution in [1.82, 2.24) is 10.2 Å². The lowest BCUT2D eigenvalue weighted by Gasteiger charge is -2.36. The number of nitrogens with zero attached hydrogens (tertiary/aromatic N) is 1. The third-order valence-electron chi connectivity index (χ3n) is 3.07. The van der Waals surface area contributed by atoms with Crippen LogP contribution >= 0.6 is 15.9 Å². The molecule has 1 aliphatic heterocycles. The van der Waals surface area contributed by atoms with E-state index in [0.717, 1.165) is 17.6 Å². The van der Waals surface area contributed by atoms with Crippen molar-refractivity contribution in [1.29, 1.82) is 0 Å². The van der Waals surface area contributed by atoms with Gasteiger partial charge in [-0.25, -0.2) is 0 Å². The number of carbonyl (C=O) groups is 1. The van der Waals surface area contributed by atoms with Gasteiger partial charge in [0.05, 0.1) is 0 Å². The topological polar surface area (TPSA) is 41.6 Å². The van der Waals surface area contributed by atoms with Crippen molar-refractivity contribution in [3.8, 4) is 5.75 Å². The fraction of sp³-hybridized carbons (Fsp3) is 0.500. The second-order valence-electron chi connectivity index (χ2n) is 5.01. The zero-order valence-electron chi connectivity index (χ0n) is 11.2. The monoisotopic (exact) mass is 326 g/mol. The minimum Gasteiger partial charge on any atom is -0.484 e. The highest BCUT2D eigenvalue weighted by Crippen LogP contribution is 2.17. The van der Waals surface area contributed by atoms with Gasteiger partial charge in [0.15, 0.2) is 6.61 Å². The molecule has 1 aromatic rings. The molecule has 1 saturated heterocycles. The van der Waals surface area contributed by atoms with Gasteiger partial charge in [-0.05, 0) is 32.0 Å². The van der Waals surface area contributed by atoms with Crippen LogP contribution in [0, 0.1) is 0 Å². The van der Waals surface area contributed by atoms with Gasteiger partial charge in [-0.1, -0.05) is 22.0 Å². The largest absolute Gasteiger partial charge is 0.484 e. The summed E-state index contributed by atoms with van der Waals surface area (Å²) in [7, 11) is 0. The molecule has 4 nitrogen and oxygen atoms in total. The number of carbonyl (C=O) groups excluding carboxylic acids is 1. The number of nitrogens with one attached hydrogen (secondary N) is 1. The van der Waals surface area contributed by atoms with Gasteiger partial charge in [0.25, 0.3) is 5.91 Å². The third kappa shape index (κ3) is 4.21. The van der Waals surface area contributed by atoms with E-state index in [0.29, 0.717) is 17.8 Å². The molecule has 1 N–H and O–H groups in total. The number of piperazine rings is 1. The Kier molecular flexibility index (Phi) is 4.82. The van der Waals surface area contributed by atoms with E-state index in [9.17, 15) is 4.79 Å². The Balaban J connectivity index is 1.87. The van der Waals surface area contributed by atoms with Gasteiger partial charge < -0.3 is 15.0 Å². The SMILES string of the molecule is CC1CN(C(=O)COc2cccc(Br)c2)CC(C)N1. The van der Waals surface area contributed by atoms with E-state index in [2.05, 4.69) is 35.1 Å². The fourth-order valence-corrected chi connectivity index (χ4v) is 2.70. The smallest absolute Gasteiger partial charge is 0.260 e. The zero-order chi connectivity index (χ0) is 13.8. The molecule has 0 saturated carbocycles. The van der Waals surface area contributed by atoms with E-state index in [1.165, 1.54) is 0 Å². The maximum atomic E-state index is 12.1. The molecule has 104 valence electrons. The van der Waals surface area contributed by atoms with Crippen molar-refractivity contribution >= 4 is 21.8 Å². The maximum Gasteiger partial charge on any atom is 0.260 e. The van der Waals surface area contributed by atoms with Crippen LogP contribution in [0.3, 0.4) is 0 Å². The van der Waals surface area contributed by atoms with Crippen LogP contribution < -0.4 is 10.1 Å². The molecule has 0 aliphatic carbocycles. The van der Waals surface area contributed by atoms with E-state index < -0.39 is 0 Å². The zero-order valence-corrected chi connectivity index (χ0v) is 12.8. The van der Waals surface area contributed by atoms with E-state index in [1.807, 2.05) is 29.2 Å². The summed E-state index contributed by atoms with van der Waals surface area (Å²) in [5.41, 5.74) is 0. The minimum absolute atomic E-state index is 0.0418. The molecular formula is C14H19BrN2O2. The number of ether oxygens (including phenoxy) is 1. The first-order valence-corrected chi connectivity index (χ1v) is 7.26. The second kappa shape index (κ2) is 6.39. The van der Waals surface area contributed by atoms with Crippen LogP contribution in [0.4, 0.5) is 0 Å². The van der Waals surface area contributed by atoms with Gasteiger partial charge >= 0.3 is 0 Å². The van der Waals surface area contributed by atoms with E-state index in [4.69, 9.17) is 4.74 Å². The molecule has 2 rings (SSSR count). The summed E-state index contributed by atoms with van der Waals surface area (Å²) < 4.78 is 6.48. The van der Waals surface area contributed by atoms with Crippen molar-refractivity contribution < 1.29 is 9.53 Å². The van der Waals surface area contributed by atoms with Gasteiger partial charge in [-0.2, -0.15) is 0 Å². The van der Waals surface area contributed by atoms with Crippen LogP contribution in [-0.2, 0) is 4.79 Å². The molecular weight excluding hydrogens is 308 g/mol. The molecule has 1 aliphatic rings. The second-order valence-corrected chi connectivity index (χ2v) is 5.93. The lowest BCUT2D eigenvalue weighted by Crippen LogP contribution is -2.56. The number of hydrogen-bond acceptors (Lipinski definition) is 3. The number of benzene rings is 1. The van der Waals surface area contributed by atoms with Crippen molar-refractivity contribution in [3.63, 3.8) is 0 Å². The number of hydrogen-bond donors (Lipinski definition) is 1. The Morgan fingerprint density at radius 1 is 1.42 bits per heavy atom. The molecule has 1 fully saturated rings. The summed E-state index contributed by atoms with van der Waals surface area (Å²) >= 11 is 3.38. The minimum atomic E-state index is 0.0418. The third-order valence-corrected chi connectivity index (χ3v) is 3.56. The first-order valence-electron chi connectivity index (χ1n) is 6.47. The molecule has 0 spiro atoms. The standard InChI is InChI=1S/C14H19BrN2O2/c1-10-7-17(8-11(2)16-10)14(18)9-19-13-5-3-4-12(15)6-13/h3-6,10-11,16H,7-9H2,1-2H3. The lowest BCUT2D eigenvalue weighted by molar-refractivity contribution is -0.135. The Bertz CT molecular complexity index is 443. The highest BCUT2D eigenvalue weighted by atomic mass is 79.9. The summed E-state index contributed by atoms with van der Waals surface area (Å²) in [5, 5.41) is 3.40. The van der Waals surface area contributed by atoms with E-state index in [-0.39, 0.29) is 12.5 Å². The van der Waals surface area contributed by atoms with Gasteiger partial charge in [-0.15, -0.1) is 0 Å². The predicted octanol–water partition coefficient (Wildman–Crippen LogP) is 2.04. The number of rotatable bonds is 3. The normalized spacial score (nSPS) is 23.2. The van der Waals surface area contributed by atoms with Crippen LogP contribution in [-0.4, -0.2) is 42.6 Å². The maximum absolute atomic E-state index is 12.1. The quantitative estimate of drug-likeness (QED) is 0.924. The van der Waals surface area contributed by atoms with Crippen molar-refractivity contribution in [2.75, 3.05) is 19.7 Å². The highest BCUT2D eigenvalue weighted by molar-refractivity contribution is 9.10. The van der Waals surface area contributed by atoms with Crippen LogP contribution in [0.1, 0.15) is 13.8 Å². The Morgan fingerprint density at radius 3 is 2.74 bits per heavy atom. The molecule has 1 heterocycles. The summed E-state index contributed by atoms with van der Waals surface area (Å²) in [6.07, 6.45) is 0. The predicted molar refractivity (Wildman–Crippen MR) is 78.3 cm³/mol. The van der Waals surface area contributed by atoms with Crippen molar-refractivity contribution in [3.05, 3.63) is 28.7 Å². The van der Waals surface area contributed by atoms with E-state index in [1.54, 1.807) is 0 Å². The van der Waals surface area contributed by atoms with Crippen LogP contribution in [0.5, 0.6) is 5.75 Å². The first kappa shape index (κ1) is 14.3. The summed E-state index contributed by atoms with van der Waals surface area (Å²) in [4.78, 5) is 14.0. The highest BCUT2D eigenvalue weighted by Gasteiger charge is 2.24. The lowest BCUT2D eigenvalue weighted by atomic mass is 10.1. The first-order chi connectivity index (χ1) is 9.04. The van der Waals surface area contributed by atoms with Gasteiger partial charge in [-0.3, -0.25) is 4.79 Å². The van der Waals surface area contributed by atoms with Crippen LogP contribution in [0.15, 0.2) is 28.7 Å². The fourth-order valence-electron chi connectivity index (χ4n) is 2.32. The molecule has 0 radical (unpaired) electrons. The average Bonchev–Trinajstić information content (AvgIpc) is 2.35. The van der Waals surface area contributed by atoms with Crippen molar-refractivity contribution in [2.45, 2.75) is 25.9 Å². The Morgan fingerprint density at radius 2 is 2.11 bits per heavy atom. The summed E-state index contributed by atoms with van der Waals surface area (Å²) in [6.45, 7) is 5.75. The van der Waals surface area contributed by atoms with Crippen LogP contribution in [0.25, 0.3) is 0 Å². The molecule has 0 bridgehead atoms. The van der Waals surface area contributed by atoms with Crippen LogP contribution in [0.2, 0.25) is 0 Å². The molecule has 19 heavy (non-hydrogen) atoms. The summed E-state index contributed by atoms with van der Waals surface area (Å²) in [6, 6.07) is 8.18. The number of halogens is 1. The summed E-state index contributed by atoms with van der Waals surface area (Å²) in [5.74, 6) is 0.749. The molecule has 5 heteroatoms. The molecule has 2 atom stereocenters. The molecule has 1 aromatic carbocycles. The van der Waals surface area contributed by atoms with Gasteiger partial charge in [0.1, 0.15) is 5.75 Å². The van der Waals surface area contributed by atoms with Gasteiger partial charge in [0.2, 0.25) is 0 Å². The Labute approximate surface area is 122 Å². The molecule has 1 amide bonds. The average molecular weight is 327 g/mol. The molecule has 2 unspecified atom stereocenters. The van der Waals surface area contributed by atoms with Crippen molar-refractivity contribution in [2.24, 2.45) is 0 Å². The molecule has 0 aromatic heterocycles. The van der Waals surface area contributed by atoms with Gasteiger partial charge in [0, 0.05) is 29.6 Å². The Hall–Kier alpha value is -1.07. The van der Waals surface area contributed by atoms with E-state index >= 15 is 0 Å².